The van der Waals surface area contributed by atoms with Crippen LogP contribution >= 0.6 is 46.3 Å². The Morgan fingerprint density at radius 2 is 1.65 bits per heavy atom. The van der Waals surface area contributed by atoms with Gasteiger partial charge < -0.3 is 5.32 Å². The lowest BCUT2D eigenvalue weighted by molar-refractivity contribution is 0.0904. The lowest BCUT2D eigenvalue weighted by Crippen LogP contribution is -2.44. The smallest absolute Gasteiger partial charge is 0.270 e. The number of carbonyl (C=O) groups is 1. The lowest BCUT2D eigenvalue weighted by Gasteiger charge is -2.32. The topological polar surface area (TPSA) is 75.9 Å². The Labute approximate surface area is 269 Å². The van der Waals surface area contributed by atoms with Gasteiger partial charge in [0.25, 0.3) is 5.91 Å². The minimum absolute atomic E-state index is 0.113. The van der Waals surface area contributed by atoms with Crippen molar-refractivity contribution in [3.05, 3.63) is 122 Å². The third kappa shape index (κ3) is 7.66. The number of piperidine rings is 1. The van der Waals surface area contributed by atoms with Crippen molar-refractivity contribution in [1.82, 2.24) is 30.0 Å². The fourth-order valence-corrected chi connectivity index (χ4v) is 7.17. The van der Waals surface area contributed by atoms with Crippen molar-refractivity contribution in [3.63, 3.8) is 0 Å². The van der Waals surface area contributed by atoms with Gasteiger partial charge in [0.1, 0.15) is 16.5 Å². The number of rotatable bonds is 10. The molecule has 3 aromatic carbocycles. The second-order valence-electron chi connectivity index (χ2n) is 10.4. The van der Waals surface area contributed by atoms with Crippen molar-refractivity contribution in [2.24, 2.45) is 0 Å². The van der Waals surface area contributed by atoms with Gasteiger partial charge >= 0.3 is 0 Å². The first-order chi connectivity index (χ1) is 21.0. The fraction of sp³-hybridized carbons (Fsp3) is 0.250. The molecule has 1 aliphatic heterocycles. The van der Waals surface area contributed by atoms with Gasteiger partial charge in [0.2, 0.25) is 0 Å². The summed E-state index contributed by atoms with van der Waals surface area (Å²) in [5.74, 6) is 1.24. The van der Waals surface area contributed by atoms with Crippen LogP contribution in [0.15, 0.2) is 89.4 Å². The summed E-state index contributed by atoms with van der Waals surface area (Å²) in [6.07, 6.45) is 2.48. The van der Waals surface area contributed by atoms with Gasteiger partial charge in [-0.25, -0.2) is 4.98 Å². The van der Waals surface area contributed by atoms with Crippen LogP contribution in [-0.2, 0) is 18.7 Å². The molecule has 43 heavy (non-hydrogen) atoms. The van der Waals surface area contributed by atoms with Crippen molar-refractivity contribution in [1.29, 1.82) is 0 Å². The van der Waals surface area contributed by atoms with Crippen LogP contribution in [0.2, 0.25) is 10.0 Å². The number of nitrogens with zero attached hydrogens (tertiary/aromatic N) is 5. The standard InChI is InChI=1S/C32H30Cl2N6OS2/c33-26-12-11-25(18-27(26)34)40-29(17-22-7-3-1-4-8-22)37-38-32(40)43-21-30-36-28(20-42-30)31(41)35-24-13-15-39(16-14-24)19-23-9-5-2-6-10-23/h1-12,18,20,24H,13-17,19,21H2,(H,35,41). The van der Waals surface area contributed by atoms with Gasteiger partial charge in [0.15, 0.2) is 5.16 Å². The van der Waals surface area contributed by atoms with Gasteiger partial charge in [0, 0.05) is 37.5 Å². The summed E-state index contributed by atoms with van der Waals surface area (Å²) < 4.78 is 2.01. The molecule has 7 nitrogen and oxygen atoms in total. The molecular weight excluding hydrogens is 619 g/mol. The molecule has 1 saturated heterocycles. The van der Waals surface area contributed by atoms with E-state index in [1.807, 2.05) is 46.3 Å². The molecule has 1 aliphatic rings. The number of carbonyl (C=O) groups excluding carboxylic acids is 1. The summed E-state index contributed by atoms with van der Waals surface area (Å²) in [5.41, 5.74) is 3.75. The van der Waals surface area contributed by atoms with Crippen LogP contribution in [0.1, 0.15) is 45.3 Å². The van der Waals surface area contributed by atoms with E-state index in [-0.39, 0.29) is 11.9 Å². The van der Waals surface area contributed by atoms with Crippen LogP contribution in [0, 0.1) is 0 Å². The summed E-state index contributed by atoms with van der Waals surface area (Å²) in [7, 11) is 0. The number of likely N-dealkylation sites (tertiary alicyclic amines) is 1. The van der Waals surface area contributed by atoms with E-state index in [0.717, 1.165) is 54.6 Å². The second kappa shape index (κ2) is 14.1. The van der Waals surface area contributed by atoms with Crippen molar-refractivity contribution >= 4 is 52.2 Å². The van der Waals surface area contributed by atoms with Gasteiger partial charge in [-0.05, 0) is 42.2 Å². The quantitative estimate of drug-likeness (QED) is 0.160. The van der Waals surface area contributed by atoms with Crippen molar-refractivity contribution < 1.29 is 4.79 Å². The molecule has 1 fully saturated rings. The summed E-state index contributed by atoms with van der Waals surface area (Å²) >= 11 is 15.6. The minimum Gasteiger partial charge on any atom is -0.348 e. The Bertz CT molecular complexity index is 1670. The zero-order valence-corrected chi connectivity index (χ0v) is 26.5. The number of nitrogens with one attached hydrogen (secondary N) is 1. The molecule has 2 aromatic heterocycles. The molecule has 6 rings (SSSR count). The number of hydrogen-bond donors (Lipinski definition) is 1. The van der Waals surface area contributed by atoms with E-state index in [9.17, 15) is 4.79 Å². The maximum atomic E-state index is 13.0. The maximum Gasteiger partial charge on any atom is 0.270 e. The molecule has 0 unspecified atom stereocenters. The van der Waals surface area contributed by atoms with E-state index in [4.69, 9.17) is 23.2 Å². The Hall–Kier alpha value is -3.21. The molecule has 1 N–H and O–H groups in total. The number of thiazole rings is 1. The van der Waals surface area contributed by atoms with Crippen LogP contribution in [0.5, 0.6) is 0 Å². The van der Waals surface area contributed by atoms with Crippen LogP contribution in [0.4, 0.5) is 0 Å². The largest absolute Gasteiger partial charge is 0.348 e. The van der Waals surface area contributed by atoms with E-state index in [2.05, 4.69) is 61.8 Å². The van der Waals surface area contributed by atoms with Gasteiger partial charge in [0.05, 0.1) is 21.5 Å². The van der Waals surface area contributed by atoms with E-state index in [1.165, 1.54) is 28.7 Å². The summed E-state index contributed by atoms with van der Waals surface area (Å²) in [5, 5.41) is 16.6. The van der Waals surface area contributed by atoms with E-state index in [1.54, 1.807) is 6.07 Å². The maximum absolute atomic E-state index is 13.0. The number of halogens is 2. The molecule has 0 bridgehead atoms. The summed E-state index contributed by atoms with van der Waals surface area (Å²) in [4.78, 5) is 20.1. The molecule has 1 amide bonds. The van der Waals surface area contributed by atoms with Gasteiger partial charge in [-0.2, -0.15) is 0 Å². The molecule has 0 saturated carbocycles. The number of amides is 1. The minimum atomic E-state index is -0.113. The average Bonchev–Trinajstić information content (AvgIpc) is 3.67. The zero-order valence-electron chi connectivity index (χ0n) is 23.3. The second-order valence-corrected chi connectivity index (χ2v) is 13.1. The van der Waals surface area contributed by atoms with Crippen LogP contribution in [0.25, 0.3) is 5.69 Å². The lowest BCUT2D eigenvalue weighted by atomic mass is 10.0. The highest BCUT2D eigenvalue weighted by Gasteiger charge is 2.23. The Balaban J connectivity index is 1.08. The molecule has 220 valence electrons. The van der Waals surface area contributed by atoms with E-state index >= 15 is 0 Å². The molecule has 0 radical (unpaired) electrons. The molecular formula is C32H30Cl2N6OS2. The van der Waals surface area contributed by atoms with Gasteiger partial charge in [-0.15, -0.1) is 21.5 Å². The third-order valence-electron chi connectivity index (χ3n) is 7.35. The monoisotopic (exact) mass is 648 g/mol. The highest BCUT2D eigenvalue weighted by Crippen LogP contribution is 2.31. The SMILES string of the molecule is O=C(NC1CCN(Cc2ccccc2)CC1)c1csc(CSc2nnc(Cc3ccccc3)n2-c2ccc(Cl)c(Cl)c2)n1. The van der Waals surface area contributed by atoms with Gasteiger partial charge in [-0.1, -0.05) is 95.6 Å². The number of aromatic nitrogens is 4. The van der Waals surface area contributed by atoms with Crippen LogP contribution in [0.3, 0.4) is 0 Å². The first-order valence-electron chi connectivity index (χ1n) is 14.1. The molecule has 3 heterocycles. The van der Waals surface area contributed by atoms with Crippen LogP contribution in [-0.4, -0.2) is 49.7 Å². The summed E-state index contributed by atoms with van der Waals surface area (Å²) in [6.45, 7) is 2.87. The predicted octanol–water partition coefficient (Wildman–Crippen LogP) is 7.31. The third-order valence-corrected chi connectivity index (χ3v) is 10.1. The highest BCUT2D eigenvalue weighted by atomic mass is 35.5. The summed E-state index contributed by atoms with van der Waals surface area (Å²) in [6, 6.07) is 26.3. The van der Waals surface area contributed by atoms with Crippen molar-refractivity contribution in [2.75, 3.05) is 13.1 Å². The number of benzene rings is 3. The molecule has 5 aromatic rings. The average molecular weight is 650 g/mol. The Morgan fingerprint density at radius 3 is 2.37 bits per heavy atom. The van der Waals surface area contributed by atoms with E-state index in [0.29, 0.717) is 33.1 Å². The Morgan fingerprint density at radius 1 is 0.930 bits per heavy atom. The fourth-order valence-electron chi connectivity index (χ4n) is 5.11. The highest BCUT2D eigenvalue weighted by molar-refractivity contribution is 7.98. The molecule has 11 heteroatoms. The van der Waals surface area contributed by atoms with Crippen molar-refractivity contribution in [3.8, 4) is 5.69 Å². The molecule has 0 atom stereocenters. The van der Waals surface area contributed by atoms with E-state index < -0.39 is 0 Å². The number of hydrogen-bond acceptors (Lipinski definition) is 7. The number of thioether (sulfide) groups is 1. The Kier molecular flexibility index (Phi) is 9.75. The molecule has 0 aliphatic carbocycles. The first kappa shape index (κ1) is 29.8. The normalized spacial score (nSPS) is 14.2. The van der Waals surface area contributed by atoms with Crippen LogP contribution < -0.4 is 5.32 Å². The first-order valence-corrected chi connectivity index (χ1v) is 16.7. The molecule has 0 spiro atoms. The predicted molar refractivity (Wildman–Crippen MR) is 175 cm³/mol. The van der Waals surface area contributed by atoms with Gasteiger partial charge in [-0.3, -0.25) is 14.3 Å². The van der Waals surface area contributed by atoms with Crippen molar-refractivity contribution in [2.45, 2.75) is 42.8 Å². The zero-order chi connectivity index (χ0) is 29.6.